The fourth-order valence-corrected chi connectivity index (χ4v) is 5.20. The van der Waals surface area contributed by atoms with Crippen molar-refractivity contribution in [2.45, 2.75) is 44.9 Å². The van der Waals surface area contributed by atoms with Gasteiger partial charge in [-0.25, -0.2) is 9.38 Å². The van der Waals surface area contributed by atoms with Crippen LogP contribution in [0.4, 0.5) is 4.39 Å². The monoisotopic (exact) mass is 569 g/mol. The maximum Gasteiger partial charge on any atom is 0.139 e. The van der Waals surface area contributed by atoms with Crippen molar-refractivity contribution in [2.75, 3.05) is 14.2 Å². The fraction of sp³-hybridized carbons (Fsp3) is 0.273. The number of allylic oxidation sites excluding steroid dienone is 1. The van der Waals surface area contributed by atoms with Crippen LogP contribution in [0, 0.1) is 5.82 Å². The van der Waals surface area contributed by atoms with Crippen LogP contribution >= 0.6 is 0 Å². The Morgan fingerprint density at radius 1 is 0.881 bits per heavy atom. The highest BCUT2D eigenvalue weighted by atomic mass is 19.1. The van der Waals surface area contributed by atoms with Crippen LogP contribution in [-0.2, 0) is 19.5 Å². The number of hydrogen-bond donors (Lipinski definition) is 2. The average Bonchev–Trinajstić information content (AvgIpc) is 3.47. The Balaban J connectivity index is 1.46. The molecule has 42 heavy (non-hydrogen) atoms. The number of aliphatic imine (C=N–C) groups is 1. The number of hydrogen-bond acceptors (Lipinski definition) is 8. The molecule has 0 amide bonds. The van der Waals surface area contributed by atoms with Crippen molar-refractivity contribution in [3.8, 4) is 22.8 Å². The van der Waals surface area contributed by atoms with E-state index in [4.69, 9.17) is 30.5 Å². The van der Waals surface area contributed by atoms with E-state index in [-0.39, 0.29) is 5.82 Å². The Morgan fingerprint density at radius 2 is 1.43 bits per heavy atom. The van der Waals surface area contributed by atoms with Gasteiger partial charge in [-0.1, -0.05) is 29.4 Å². The van der Waals surface area contributed by atoms with Crippen LogP contribution in [0.15, 0.2) is 99.6 Å². The molecule has 0 saturated heterocycles. The van der Waals surface area contributed by atoms with Gasteiger partial charge in [-0.05, 0) is 79.1 Å². The number of benzene rings is 3. The van der Waals surface area contributed by atoms with E-state index in [9.17, 15) is 4.39 Å². The van der Waals surface area contributed by atoms with Gasteiger partial charge in [0.2, 0.25) is 0 Å². The Bertz CT molecular complexity index is 1530. The molecule has 2 heterocycles. The van der Waals surface area contributed by atoms with Crippen molar-refractivity contribution in [3.63, 3.8) is 0 Å². The van der Waals surface area contributed by atoms with Crippen LogP contribution in [0.3, 0.4) is 0 Å². The number of ether oxygens (including phenoxy) is 2. The van der Waals surface area contributed by atoms with Crippen molar-refractivity contribution in [3.05, 3.63) is 113 Å². The van der Waals surface area contributed by atoms with Gasteiger partial charge in [0, 0.05) is 36.8 Å². The molecule has 0 fully saturated rings. The molecule has 0 saturated carbocycles. The summed E-state index contributed by atoms with van der Waals surface area (Å²) in [5.74, 6) is 2.53. The van der Waals surface area contributed by atoms with Gasteiger partial charge in [-0.15, -0.1) is 0 Å². The molecule has 2 atom stereocenters. The molecule has 1 aliphatic heterocycles. The SMILES string of the molecule is COc1ccc(CN(Cc2ccc(OC)cc2)C2=NC(C)=C(C)C(N)(Cc3cc(-c4ccc(F)cc4)no3)C2N)cc1. The third-order valence-corrected chi connectivity index (χ3v) is 7.91. The molecule has 1 aromatic heterocycles. The van der Waals surface area contributed by atoms with E-state index in [1.54, 1.807) is 26.4 Å². The minimum Gasteiger partial charge on any atom is -0.497 e. The Kier molecular flexibility index (Phi) is 8.42. The fourth-order valence-electron chi connectivity index (χ4n) is 5.20. The third-order valence-electron chi connectivity index (χ3n) is 7.91. The van der Waals surface area contributed by atoms with E-state index < -0.39 is 11.6 Å². The van der Waals surface area contributed by atoms with Crippen molar-refractivity contribution in [2.24, 2.45) is 16.5 Å². The second-order valence-electron chi connectivity index (χ2n) is 10.6. The van der Waals surface area contributed by atoms with E-state index in [2.05, 4.69) is 10.1 Å². The maximum absolute atomic E-state index is 13.4. The Morgan fingerprint density at radius 3 is 1.95 bits per heavy atom. The molecule has 2 unspecified atom stereocenters. The molecular weight excluding hydrogens is 533 g/mol. The normalized spacial score (nSPS) is 18.5. The van der Waals surface area contributed by atoms with Gasteiger partial charge in [0.15, 0.2) is 0 Å². The molecule has 0 radical (unpaired) electrons. The second kappa shape index (κ2) is 12.2. The maximum atomic E-state index is 13.4. The van der Waals surface area contributed by atoms with E-state index >= 15 is 0 Å². The lowest BCUT2D eigenvalue weighted by molar-refractivity contribution is 0.321. The van der Waals surface area contributed by atoms with E-state index in [1.165, 1.54) is 12.1 Å². The first-order valence-corrected chi connectivity index (χ1v) is 13.7. The summed E-state index contributed by atoms with van der Waals surface area (Å²) < 4.78 is 29.8. The van der Waals surface area contributed by atoms with Crippen molar-refractivity contribution in [1.29, 1.82) is 0 Å². The molecule has 1 aliphatic rings. The molecule has 8 nitrogen and oxygen atoms in total. The van der Waals surface area contributed by atoms with Crippen LogP contribution in [0.2, 0.25) is 0 Å². The predicted molar refractivity (Wildman–Crippen MR) is 162 cm³/mol. The third kappa shape index (κ3) is 6.07. The largest absolute Gasteiger partial charge is 0.497 e. The first kappa shape index (κ1) is 29.0. The van der Waals surface area contributed by atoms with E-state index in [0.29, 0.717) is 36.8 Å². The van der Waals surface area contributed by atoms with Gasteiger partial charge in [-0.2, -0.15) is 0 Å². The summed E-state index contributed by atoms with van der Waals surface area (Å²) >= 11 is 0. The van der Waals surface area contributed by atoms with Crippen LogP contribution in [0.25, 0.3) is 11.3 Å². The van der Waals surface area contributed by atoms with Gasteiger partial charge in [0.05, 0.1) is 25.8 Å². The number of methoxy groups -OCH3 is 2. The number of rotatable bonds is 9. The predicted octanol–water partition coefficient (Wildman–Crippen LogP) is 5.47. The summed E-state index contributed by atoms with van der Waals surface area (Å²) in [6.07, 6.45) is 0.309. The minimum atomic E-state index is -0.987. The minimum absolute atomic E-state index is 0.309. The summed E-state index contributed by atoms with van der Waals surface area (Å²) in [4.78, 5) is 7.15. The van der Waals surface area contributed by atoms with Crippen LogP contribution in [-0.4, -0.2) is 41.7 Å². The molecule has 4 aromatic rings. The molecule has 5 rings (SSSR count). The summed E-state index contributed by atoms with van der Waals surface area (Å²) in [6.45, 7) is 5.03. The number of aromatic nitrogens is 1. The van der Waals surface area contributed by atoms with Gasteiger partial charge < -0.3 is 30.4 Å². The Labute approximate surface area is 245 Å². The van der Waals surface area contributed by atoms with Crippen LogP contribution in [0.1, 0.15) is 30.7 Å². The molecular formula is C33H36FN5O3. The quantitative estimate of drug-likeness (QED) is 0.275. The van der Waals surface area contributed by atoms with E-state index in [1.807, 2.05) is 68.4 Å². The van der Waals surface area contributed by atoms with Crippen molar-refractivity contribution in [1.82, 2.24) is 10.1 Å². The molecule has 3 aromatic carbocycles. The zero-order chi connectivity index (χ0) is 29.9. The summed E-state index contributed by atoms with van der Waals surface area (Å²) in [5, 5.41) is 4.20. The number of amidine groups is 1. The highest BCUT2D eigenvalue weighted by Crippen LogP contribution is 2.33. The summed E-state index contributed by atoms with van der Waals surface area (Å²) in [6, 6.07) is 23.2. The molecule has 9 heteroatoms. The lowest BCUT2D eigenvalue weighted by Gasteiger charge is -2.43. The number of nitrogens with zero attached hydrogens (tertiary/aromatic N) is 3. The molecule has 0 aliphatic carbocycles. The molecule has 0 bridgehead atoms. The standard InChI is InChI=1S/C33H36FN5O3/c1-21-22(2)37-32(31(35)33(21,36)18-29-17-30(38-42-29)25-9-11-26(34)12-10-25)39(19-23-5-13-27(40-3)14-6-23)20-24-7-15-28(41-4)16-8-24/h5-17,31H,18-20,35-36H2,1-4H3. The van der Waals surface area contributed by atoms with Crippen LogP contribution < -0.4 is 20.9 Å². The van der Waals surface area contributed by atoms with Gasteiger partial charge >= 0.3 is 0 Å². The van der Waals surface area contributed by atoms with Crippen molar-refractivity contribution < 1.29 is 18.4 Å². The number of nitrogens with two attached hydrogens (primary N) is 2. The summed E-state index contributed by atoms with van der Waals surface area (Å²) in [7, 11) is 3.30. The first-order chi connectivity index (χ1) is 20.2. The topological polar surface area (TPSA) is 112 Å². The number of halogens is 1. The van der Waals surface area contributed by atoms with Crippen LogP contribution in [0.5, 0.6) is 11.5 Å². The van der Waals surface area contributed by atoms with Gasteiger partial charge in [-0.3, -0.25) is 0 Å². The first-order valence-electron chi connectivity index (χ1n) is 13.7. The Hall–Kier alpha value is -4.47. The molecule has 0 spiro atoms. The van der Waals surface area contributed by atoms with E-state index in [0.717, 1.165) is 39.5 Å². The van der Waals surface area contributed by atoms with Gasteiger partial charge in [0.1, 0.15) is 34.6 Å². The van der Waals surface area contributed by atoms with Gasteiger partial charge in [0.25, 0.3) is 0 Å². The lowest BCUT2D eigenvalue weighted by Crippen LogP contribution is -2.65. The average molecular weight is 570 g/mol. The second-order valence-corrected chi connectivity index (χ2v) is 10.6. The lowest BCUT2D eigenvalue weighted by atomic mass is 9.77. The zero-order valence-corrected chi connectivity index (χ0v) is 24.3. The zero-order valence-electron chi connectivity index (χ0n) is 24.3. The highest BCUT2D eigenvalue weighted by molar-refractivity contribution is 5.91. The smallest absolute Gasteiger partial charge is 0.139 e. The molecule has 218 valence electrons. The highest BCUT2D eigenvalue weighted by Gasteiger charge is 2.44. The summed E-state index contributed by atoms with van der Waals surface area (Å²) in [5.41, 5.74) is 18.4. The van der Waals surface area contributed by atoms with Crippen molar-refractivity contribution >= 4 is 5.84 Å². The molecule has 4 N–H and O–H groups in total.